The number of benzene rings is 4. The summed E-state index contributed by atoms with van der Waals surface area (Å²) >= 11 is 0. The molecule has 0 unspecified atom stereocenters. The van der Waals surface area contributed by atoms with Gasteiger partial charge in [-0.25, -0.2) is 13.8 Å². The lowest BCUT2D eigenvalue weighted by molar-refractivity contribution is 0.0955. The molecule has 4 aromatic rings. The fourth-order valence-electron chi connectivity index (χ4n) is 3.61. The lowest BCUT2D eigenvalue weighted by Gasteiger charge is -2.17. The predicted octanol–water partition coefficient (Wildman–Crippen LogP) is 4.18. The van der Waals surface area contributed by atoms with Gasteiger partial charge in [0.15, 0.2) is 0 Å². The third-order valence-electron chi connectivity index (χ3n) is 5.34. The first-order valence-electron chi connectivity index (χ1n) is 10.7. The van der Waals surface area contributed by atoms with Crippen molar-refractivity contribution in [3.63, 3.8) is 0 Å². The largest absolute Gasteiger partial charge is 0.507 e. The number of nitrogens with zero attached hydrogens (tertiary/aromatic N) is 2. The van der Waals surface area contributed by atoms with Crippen molar-refractivity contribution in [3.05, 3.63) is 96.1 Å². The molecule has 0 atom stereocenters. The second kappa shape index (κ2) is 9.86. The van der Waals surface area contributed by atoms with Gasteiger partial charge in [0.2, 0.25) is 0 Å². The lowest BCUT2D eigenvalue weighted by Crippen LogP contribution is -2.18. The number of hydrazone groups is 1. The van der Waals surface area contributed by atoms with Crippen molar-refractivity contribution in [1.29, 1.82) is 0 Å². The molecule has 0 radical (unpaired) electrons. The number of carbonyl (C=O) groups is 1. The third kappa shape index (κ3) is 5.25. The van der Waals surface area contributed by atoms with Gasteiger partial charge in [-0.2, -0.15) is 5.10 Å². The highest BCUT2D eigenvalue weighted by Gasteiger charge is 2.19. The average molecular weight is 489 g/mol. The van der Waals surface area contributed by atoms with Gasteiger partial charge in [-0.15, -0.1) is 0 Å². The molecule has 0 aliphatic carbocycles. The van der Waals surface area contributed by atoms with E-state index in [1.165, 1.54) is 36.5 Å². The second-order valence-corrected chi connectivity index (χ2v) is 9.61. The van der Waals surface area contributed by atoms with E-state index in [0.717, 1.165) is 11.1 Å². The van der Waals surface area contributed by atoms with E-state index in [4.69, 9.17) is 0 Å². The maximum atomic E-state index is 13.2. The maximum Gasteiger partial charge on any atom is 0.271 e. The number of aromatic hydroxyl groups is 1. The molecule has 35 heavy (non-hydrogen) atoms. The van der Waals surface area contributed by atoms with Gasteiger partial charge in [-0.3, -0.25) is 9.52 Å². The Labute approximate surface area is 203 Å². The Balaban J connectivity index is 1.50. The fraction of sp³-hybridized carbons (Fsp3) is 0.0769. The molecule has 4 aromatic carbocycles. The molecule has 8 nitrogen and oxygen atoms in total. The molecular formula is C26H24N4O4S. The standard InChI is InChI=1S/C26H24N4O4S/c1-30(2)23-10-5-9-22-21(23)8-6-12-25(22)35(33,34)29-20-15-13-18(14-16-20)26(32)28-27-17-19-7-3-4-11-24(19)31/h3-17,29,31H,1-2H3,(H,28,32)/b27-17+. The minimum absolute atomic E-state index is 0.0475. The van der Waals surface area contributed by atoms with Gasteiger partial charge in [0, 0.05) is 47.4 Å². The highest BCUT2D eigenvalue weighted by atomic mass is 32.2. The van der Waals surface area contributed by atoms with Crippen LogP contribution in [-0.4, -0.2) is 39.7 Å². The van der Waals surface area contributed by atoms with Crippen molar-refractivity contribution in [2.24, 2.45) is 5.10 Å². The SMILES string of the molecule is CN(C)c1cccc2c(S(=O)(=O)Nc3ccc(C(=O)N/N=C/c4ccccc4O)cc3)cccc12. The van der Waals surface area contributed by atoms with E-state index in [9.17, 15) is 18.3 Å². The van der Waals surface area contributed by atoms with Crippen LogP contribution in [0.25, 0.3) is 10.8 Å². The summed E-state index contributed by atoms with van der Waals surface area (Å²) in [6, 6.07) is 23.3. The Morgan fingerprint density at radius 2 is 1.57 bits per heavy atom. The molecule has 1 amide bonds. The summed E-state index contributed by atoms with van der Waals surface area (Å²) in [5, 5.41) is 15.0. The summed E-state index contributed by atoms with van der Waals surface area (Å²) in [4.78, 5) is 14.4. The zero-order valence-corrected chi connectivity index (χ0v) is 20.0. The smallest absolute Gasteiger partial charge is 0.271 e. The Kier molecular flexibility index (Phi) is 6.70. The monoisotopic (exact) mass is 488 g/mol. The number of carbonyl (C=O) groups excluding carboxylic acids is 1. The topological polar surface area (TPSA) is 111 Å². The number of phenols is 1. The number of hydrogen-bond donors (Lipinski definition) is 3. The molecule has 0 heterocycles. The minimum Gasteiger partial charge on any atom is -0.507 e. The number of para-hydroxylation sites is 1. The van der Waals surface area contributed by atoms with Gasteiger partial charge in [-0.05, 0) is 48.5 Å². The Morgan fingerprint density at radius 3 is 2.29 bits per heavy atom. The summed E-state index contributed by atoms with van der Waals surface area (Å²) in [6.45, 7) is 0. The van der Waals surface area contributed by atoms with Crippen LogP contribution in [-0.2, 0) is 10.0 Å². The summed E-state index contributed by atoms with van der Waals surface area (Å²) in [7, 11) is -0.0696. The molecular weight excluding hydrogens is 464 g/mol. The molecule has 0 saturated carbocycles. The number of amides is 1. The Morgan fingerprint density at radius 1 is 0.886 bits per heavy atom. The minimum atomic E-state index is -3.88. The first-order valence-corrected chi connectivity index (χ1v) is 12.2. The number of anilines is 2. The number of sulfonamides is 1. The maximum absolute atomic E-state index is 13.2. The summed E-state index contributed by atoms with van der Waals surface area (Å²) in [5.41, 5.74) is 4.37. The van der Waals surface area contributed by atoms with Gasteiger partial charge >= 0.3 is 0 Å². The normalized spacial score (nSPS) is 11.5. The molecule has 0 aliphatic rings. The summed E-state index contributed by atoms with van der Waals surface area (Å²) < 4.78 is 28.9. The molecule has 0 fully saturated rings. The van der Waals surface area contributed by atoms with Crippen molar-refractivity contribution < 1.29 is 18.3 Å². The van der Waals surface area contributed by atoms with Crippen LogP contribution in [0.3, 0.4) is 0 Å². The molecule has 0 bridgehead atoms. The Hall–Kier alpha value is -4.37. The highest BCUT2D eigenvalue weighted by molar-refractivity contribution is 7.93. The highest BCUT2D eigenvalue weighted by Crippen LogP contribution is 2.31. The van der Waals surface area contributed by atoms with E-state index in [-0.39, 0.29) is 10.6 Å². The Bertz CT molecular complexity index is 1510. The molecule has 0 aromatic heterocycles. The van der Waals surface area contributed by atoms with E-state index in [2.05, 4.69) is 15.2 Å². The molecule has 0 saturated heterocycles. The second-order valence-electron chi connectivity index (χ2n) is 7.96. The van der Waals surface area contributed by atoms with E-state index in [0.29, 0.717) is 22.2 Å². The first-order chi connectivity index (χ1) is 16.8. The van der Waals surface area contributed by atoms with Crippen LogP contribution >= 0.6 is 0 Å². The zero-order chi connectivity index (χ0) is 25.0. The van der Waals surface area contributed by atoms with Gasteiger partial charge in [0.25, 0.3) is 15.9 Å². The van der Waals surface area contributed by atoms with E-state index in [1.807, 2.05) is 37.2 Å². The number of nitrogens with one attached hydrogen (secondary N) is 2. The average Bonchev–Trinajstić information content (AvgIpc) is 2.84. The van der Waals surface area contributed by atoms with Crippen molar-refractivity contribution in [3.8, 4) is 5.75 Å². The third-order valence-corrected chi connectivity index (χ3v) is 6.78. The number of fused-ring (bicyclic) bond motifs is 1. The predicted molar refractivity (Wildman–Crippen MR) is 139 cm³/mol. The van der Waals surface area contributed by atoms with Crippen LogP contribution in [0.2, 0.25) is 0 Å². The molecule has 0 spiro atoms. The van der Waals surface area contributed by atoms with E-state index < -0.39 is 15.9 Å². The van der Waals surface area contributed by atoms with Crippen LogP contribution in [0, 0.1) is 0 Å². The van der Waals surface area contributed by atoms with Crippen molar-refractivity contribution >= 4 is 44.3 Å². The van der Waals surface area contributed by atoms with Gasteiger partial charge in [-0.1, -0.05) is 36.4 Å². The molecule has 178 valence electrons. The van der Waals surface area contributed by atoms with Gasteiger partial charge < -0.3 is 10.0 Å². The van der Waals surface area contributed by atoms with Crippen LogP contribution < -0.4 is 15.0 Å². The van der Waals surface area contributed by atoms with Crippen molar-refractivity contribution in [1.82, 2.24) is 5.43 Å². The first kappa shape index (κ1) is 23.8. The number of hydrogen-bond acceptors (Lipinski definition) is 6. The van der Waals surface area contributed by atoms with Crippen LogP contribution in [0.1, 0.15) is 15.9 Å². The van der Waals surface area contributed by atoms with Crippen molar-refractivity contribution in [2.75, 3.05) is 23.7 Å². The van der Waals surface area contributed by atoms with Crippen LogP contribution in [0.15, 0.2) is 94.9 Å². The van der Waals surface area contributed by atoms with Gasteiger partial charge in [0.1, 0.15) is 5.75 Å². The molecule has 4 rings (SSSR count). The number of phenolic OH excluding ortho intramolecular Hbond substituents is 1. The summed E-state index contributed by atoms with van der Waals surface area (Å²) in [5.74, 6) is -0.428. The van der Waals surface area contributed by atoms with Crippen molar-refractivity contribution in [2.45, 2.75) is 4.90 Å². The molecule has 3 N–H and O–H groups in total. The number of rotatable bonds is 7. The zero-order valence-electron chi connectivity index (χ0n) is 19.1. The summed E-state index contributed by atoms with van der Waals surface area (Å²) in [6.07, 6.45) is 1.33. The van der Waals surface area contributed by atoms with E-state index >= 15 is 0 Å². The van der Waals surface area contributed by atoms with E-state index in [1.54, 1.807) is 36.4 Å². The lowest BCUT2D eigenvalue weighted by atomic mass is 10.1. The fourth-order valence-corrected chi connectivity index (χ4v) is 4.89. The van der Waals surface area contributed by atoms with Crippen LogP contribution in [0.5, 0.6) is 5.75 Å². The quantitative estimate of drug-likeness (QED) is 0.267. The molecule has 0 aliphatic heterocycles. The van der Waals surface area contributed by atoms with Gasteiger partial charge in [0.05, 0.1) is 11.1 Å². The van der Waals surface area contributed by atoms with Crippen LogP contribution in [0.4, 0.5) is 11.4 Å². The molecule has 9 heteroatoms.